The Morgan fingerprint density at radius 3 is 3.25 bits per heavy atom. The van der Waals surface area contributed by atoms with Gasteiger partial charge >= 0.3 is 0 Å². The van der Waals surface area contributed by atoms with Crippen LogP contribution in [-0.2, 0) is 0 Å². The van der Waals surface area contributed by atoms with Crippen molar-refractivity contribution < 1.29 is 9.63 Å². The van der Waals surface area contributed by atoms with Gasteiger partial charge in [0.05, 0.1) is 22.4 Å². The molecule has 1 fully saturated rings. The second-order valence-electron chi connectivity index (χ2n) is 4.83. The van der Waals surface area contributed by atoms with Crippen molar-refractivity contribution in [1.29, 1.82) is 0 Å². The number of hydrogen-bond acceptors (Lipinski definition) is 7. The molecule has 1 aliphatic rings. The van der Waals surface area contributed by atoms with E-state index in [2.05, 4.69) is 20.4 Å². The number of aromatic nitrogens is 3. The Morgan fingerprint density at radius 2 is 2.40 bits per heavy atom. The van der Waals surface area contributed by atoms with Gasteiger partial charge in [-0.2, -0.15) is 4.98 Å². The quantitative estimate of drug-likeness (QED) is 0.747. The molecule has 4 heterocycles. The zero-order valence-electron chi connectivity index (χ0n) is 10.5. The first kappa shape index (κ1) is 12.0. The van der Waals surface area contributed by atoms with E-state index in [0.29, 0.717) is 24.7 Å². The van der Waals surface area contributed by atoms with Crippen LogP contribution in [0.3, 0.4) is 0 Å². The Balaban J connectivity index is 1.66. The predicted molar refractivity (Wildman–Crippen MR) is 74.3 cm³/mol. The standard InChI is InChI=1S/C13H12N4O2S/c18-8-4-10(15-6-8)13-16-12(17-19-13)7-3-11-9(14-5-7)1-2-20-11/h1-3,5,8,10,15,18H,4,6H2/t8?,10-/m0/s1. The lowest BCUT2D eigenvalue weighted by atomic mass is 10.2. The number of aliphatic hydroxyl groups is 1. The maximum Gasteiger partial charge on any atom is 0.244 e. The zero-order chi connectivity index (χ0) is 13.5. The molecule has 1 unspecified atom stereocenters. The highest BCUT2D eigenvalue weighted by atomic mass is 32.1. The molecular weight excluding hydrogens is 276 g/mol. The van der Waals surface area contributed by atoms with Crippen molar-refractivity contribution in [2.24, 2.45) is 0 Å². The van der Waals surface area contributed by atoms with Crippen LogP contribution < -0.4 is 5.32 Å². The van der Waals surface area contributed by atoms with Crippen LogP contribution in [0.5, 0.6) is 0 Å². The molecule has 7 heteroatoms. The SMILES string of the molecule is OC1CN[C@H](c2nc(-c3cnc4ccsc4c3)no2)C1. The molecule has 2 atom stereocenters. The van der Waals surface area contributed by atoms with E-state index in [4.69, 9.17) is 4.52 Å². The van der Waals surface area contributed by atoms with Crippen molar-refractivity contribution in [1.82, 2.24) is 20.4 Å². The van der Waals surface area contributed by atoms with E-state index in [1.165, 1.54) is 0 Å². The first-order valence-electron chi connectivity index (χ1n) is 6.38. The topological polar surface area (TPSA) is 84.1 Å². The van der Waals surface area contributed by atoms with Crippen LogP contribution in [0, 0.1) is 0 Å². The van der Waals surface area contributed by atoms with Gasteiger partial charge in [0.25, 0.3) is 0 Å². The average molecular weight is 288 g/mol. The Hall–Kier alpha value is -1.83. The van der Waals surface area contributed by atoms with Gasteiger partial charge in [-0.15, -0.1) is 11.3 Å². The molecule has 0 bridgehead atoms. The molecule has 6 nitrogen and oxygen atoms in total. The van der Waals surface area contributed by atoms with E-state index in [1.807, 2.05) is 17.5 Å². The van der Waals surface area contributed by atoms with Gasteiger partial charge in [0.2, 0.25) is 11.7 Å². The lowest BCUT2D eigenvalue weighted by Gasteiger charge is -2.01. The molecule has 3 aromatic heterocycles. The van der Waals surface area contributed by atoms with E-state index >= 15 is 0 Å². The number of nitrogens with zero attached hydrogens (tertiary/aromatic N) is 3. The first-order chi connectivity index (χ1) is 9.79. The van der Waals surface area contributed by atoms with Crippen molar-refractivity contribution in [3.63, 3.8) is 0 Å². The molecule has 0 aromatic carbocycles. The van der Waals surface area contributed by atoms with Gasteiger partial charge in [0, 0.05) is 18.3 Å². The third kappa shape index (κ3) is 2.00. The normalized spacial score (nSPS) is 22.6. The largest absolute Gasteiger partial charge is 0.392 e. The number of rotatable bonds is 2. The number of aliphatic hydroxyl groups excluding tert-OH is 1. The lowest BCUT2D eigenvalue weighted by molar-refractivity contribution is 0.191. The van der Waals surface area contributed by atoms with E-state index in [0.717, 1.165) is 15.8 Å². The van der Waals surface area contributed by atoms with Crippen molar-refractivity contribution >= 4 is 21.6 Å². The minimum Gasteiger partial charge on any atom is -0.392 e. The van der Waals surface area contributed by atoms with Crippen LogP contribution in [0.15, 0.2) is 28.2 Å². The Morgan fingerprint density at radius 1 is 1.45 bits per heavy atom. The number of hydrogen-bond donors (Lipinski definition) is 2. The maximum absolute atomic E-state index is 9.52. The molecule has 20 heavy (non-hydrogen) atoms. The van der Waals surface area contributed by atoms with Crippen molar-refractivity contribution in [3.05, 3.63) is 29.6 Å². The van der Waals surface area contributed by atoms with Crippen LogP contribution >= 0.6 is 11.3 Å². The van der Waals surface area contributed by atoms with Crippen LogP contribution in [0.1, 0.15) is 18.4 Å². The van der Waals surface area contributed by atoms with Crippen LogP contribution in [0.2, 0.25) is 0 Å². The van der Waals surface area contributed by atoms with Gasteiger partial charge in [0.15, 0.2) is 0 Å². The van der Waals surface area contributed by atoms with E-state index in [1.54, 1.807) is 17.5 Å². The van der Waals surface area contributed by atoms with E-state index in [-0.39, 0.29) is 12.1 Å². The molecule has 4 rings (SSSR count). The minimum atomic E-state index is -0.348. The van der Waals surface area contributed by atoms with Gasteiger partial charge in [-0.1, -0.05) is 5.16 Å². The van der Waals surface area contributed by atoms with Crippen molar-refractivity contribution in [3.8, 4) is 11.4 Å². The molecule has 0 spiro atoms. The molecule has 0 aliphatic carbocycles. The molecule has 0 radical (unpaired) electrons. The number of pyridine rings is 1. The average Bonchev–Trinajstić information content (AvgIpc) is 3.17. The predicted octanol–water partition coefficient (Wildman–Crippen LogP) is 1.74. The third-order valence-electron chi connectivity index (χ3n) is 3.41. The highest BCUT2D eigenvalue weighted by Gasteiger charge is 2.28. The van der Waals surface area contributed by atoms with Gasteiger partial charge < -0.3 is 14.9 Å². The number of thiophene rings is 1. The molecule has 2 N–H and O–H groups in total. The van der Waals surface area contributed by atoms with Crippen molar-refractivity contribution in [2.75, 3.05) is 6.54 Å². The van der Waals surface area contributed by atoms with Crippen LogP contribution in [0.25, 0.3) is 21.6 Å². The summed E-state index contributed by atoms with van der Waals surface area (Å²) in [5.74, 6) is 1.05. The molecule has 1 aliphatic heterocycles. The Kier molecular flexibility index (Phi) is 2.76. The minimum absolute atomic E-state index is 0.0651. The molecule has 0 amide bonds. The maximum atomic E-state index is 9.52. The summed E-state index contributed by atoms with van der Waals surface area (Å²) in [5, 5.41) is 18.7. The summed E-state index contributed by atoms with van der Waals surface area (Å²) in [7, 11) is 0. The number of fused-ring (bicyclic) bond motifs is 1. The second kappa shape index (κ2) is 4.62. The molecule has 1 saturated heterocycles. The summed E-state index contributed by atoms with van der Waals surface area (Å²) in [6, 6.07) is 3.93. The molecular formula is C13H12N4O2S. The van der Waals surface area contributed by atoms with Gasteiger partial charge in [-0.05, 0) is 23.9 Å². The van der Waals surface area contributed by atoms with Crippen LogP contribution in [0.4, 0.5) is 0 Å². The zero-order valence-corrected chi connectivity index (χ0v) is 11.3. The number of nitrogens with one attached hydrogen (secondary N) is 1. The summed E-state index contributed by atoms with van der Waals surface area (Å²) in [6.45, 7) is 0.561. The fourth-order valence-corrected chi connectivity index (χ4v) is 3.15. The summed E-state index contributed by atoms with van der Waals surface area (Å²) in [4.78, 5) is 8.77. The smallest absolute Gasteiger partial charge is 0.244 e. The first-order valence-corrected chi connectivity index (χ1v) is 7.26. The summed E-state index contributed by atoms with van der Waals surface area (Å²) < 4.78 is 6.39. The highest BCUT2D eigenvalue weighted by molar-refractivity contribution is 7.17. The van der Waals surface area contributed by atoms with Crippen molar-refractivity contribution in [2.45, 2.75) is 18.6 Å². The van der Waals surface area contributed by atoms with Gasteiger partial charge in [-0.3, -0.25) is 4.98 Å². The van der Waals surface area contributed by atoms with E-state index < -0.39 is 0 Å². The molecule has 102 valence electrons. The lowest BCUT2D eigenvalue weighted by Crippen LogP contribution is -2.15. The number of β-amino-alcohol motifs (C(OH)–C–C–N with tert-alkyl or cyclic N) is 1. The third-order valence-corrected chi connectivity index (χ3v) is 4.26. The van der Waals surface area contributed by atoms with Gasteiger partial charge in [0.1, 0.15) is 0 Å². The molecule has 0 saturated carbocycles. The molecule has 3 aromatic rings. The summed E-state index contributed by atoms with van der Waals surface area (Å²) in [6.07, 6.45) is 2.00. The monoisotopic (exact) mass is 288 g/mol. The highest BCUT2D eigenvalue weighted by Crippen LogP contribution is 2.27. The van der Waals surface area contributed by atoms with Crippen LogP contribution in [-0.4, -0.2) is 32.9 Å². The fourth-order valence-electron chi connectivity index (χ4n) is 2.37. The Bertz CT molecular complexity index is 754. The second-order valence-corrected chi connectivity index (χ2v) is 5.78. The summed E-state index contributed by atoms with van der Waals surface area (Å²) >= 11 is 1.63. The van der Waals surface area contributed by atoms with Gasteiger partial charge in [-0.25, -0.2) is 0 Å². The van der Waals surface area contributed by atoms with E-state index in [9.17, 15) is 5.11 Å². The fraction of sp³-hybridized carbons (Fsp3) is 0.308. The Labute approximate surface area is 118 Å². The summed E-state index contributed by atoms with van der Waals surface area (Å²) in [5.41, 5.74) is 1.82.